The van der Waals surface area contributed by atoms with Crippen LogP contribution in [0.15, 0.2) is 95.9 Å². The van der Waals surface area contributed by atoms with Gasteiger partial charge in [-0.15, -0.1) is 0 Å². The maximum atomic E-state index is 13.8. The minimum absolute atomic E-state index is 0.112. The summed E-state index contributed by atoms with van der Waals surface area (Å²) in [5.41, 5.74) is 2.93. The molecule has 210 valence electrons. The number of rotatable bonds is 7. The highest BCUT2D eigenvalue weighted by molar-refractivity contribution is 7.92. The number of piperidine rings is 1. The molecule has 2 N–H and O–H groups in total. The van der Waals surface area contributed by atoms with Gasteiger partial charge in [0.1, 0.15) is 22.1 Å². The first-order valence-corrected chi connectivity index (χ1v) is 15.1. The van der Waals surface area contributed by atoms with Gasteiger partial charge >= 0.3 is 0 Å². The predicted octanol–water partition coefficient (Wildman–Crippen LogP) is 6.36. The molecule has 41 heavy (non-hydrogen) atoms. The van der Waals surface area contributed by atoms with Crippen molar-refractivity contribution in [3.8, 4) is 17.2 Å². The second-order valence-electron chi connectivity index (χ2n) is 10.2. The minimum Gasteiger partial charge on any atom is -0.497 e. The quantitative estimate of drug-likeness (QED) is 0.269. The number of methoxy groups -OCH3 is 1. The molecule has 2 heterocycles. The van der Waals surface area contributed by atoms with E-state index in [1.807, 2.05) is 48.5 Å². The summed E-state index contributed by atoms with van der Waals surface area (Å²) in [4.78, 5) is 16.0. The first kappa shape index (κ1) is 26.7. The number of amides is 1. The van der Waals surface area contributed by atoms with Crippen molar-refractivity contribution in [2.24, 2.45) is 0 Å². The van der Waals surface area contributed by atoms with Crippen molar-refractivity contribution in [3.63, 3.8) is 0 Å². The minimum atomic E-state index is -4.00. The van der Waals surface area contributed by atoms with Gasteiger partial charge in [0.2, 0.25) is 5.91 Å². The zero-order valence-corrected chi connectivity index (χ0v) is 23.5. The van der Waals surface area contributed by atoms with Crippen LogP contribution in [0, 0.1) is 0 Å². The van der Waals surface area contributed by atoms with Crippen molar-refractivity contribution in [1.82, 2.24) is 0 Å². The lowest BCUT2D eigenvalue weighted by atomic mass is 9.87. The summed E-state index contributed by atoms with van der Waals surface area (Å²) < 4.78 is 41.5. The zero-order valence-electron chi connectivity index (χ0n) is 22.7. The van der Waals surface area contributed by atoms with E-state index in [2.05, 4.69) is 14.9 Å². The lowest BCUT2D eigenvalue weighted by Crippen LogP contribution is -2.31. The number of ether oxygens (including phenoxy) is 2. The van der Waals surface area contributed by atoms with Crippen LogP contribution in [0.25, 0.3) is 0 Å². The summed E-state index contributed by atoms with van der Waals surface area (Å²) in [7, 11) is -2.44. The molecule has 2 aliphatic heterocycles. The van der Waals surface area contributed by atoms with Gasteiger partial charge in [-0.1, -0.05) is 36.4 Å². The van der Waals surface area contributed by atoms with Crippen LogP contribution in [-0.2, 0) is 14.8 Å². The van der Waals surface area contributed by atoms with Crippen LogP contribution in [0.5, 0.6) is 17.2 Å². The average molecular weight is 570 g/mol. The van der Waals surface area contributed by atoms with Crippen molar-refractivity contribution >= 4 is 33.0 Å². The van der Waals surface area contributed by atoms with Crippen LogP contribution in [0.2, 0.25) is 0 Å². The highest BCUT2D eigenvalue weighted by atomic mass is 32.2. The Kier molecular flexibility index (Phi) is 7.28. The molecule has 4 aromatic carbocycles. The van der Waals surface area contributed by atoms with Crippen molar-refractivity contribution < 1.29 is 22.7 Å². The van der Waals surface area contributed by atoms with Gasteiger partial charge in [-0.3, -0.25) is 9.52 Å². The fraction of sp³-hybridized carbons (Fsp3) is 0.219. The lowest BCUT2D eigenvalue weighted by molar-refractivity contribution is -0.116. The van der Waals surface area contributed by atoms with E-state index in [0.29, 0.717) is 34.3 Å². The molecule has 8 nitrogen and oxygen atoms in total. The fourth-order valence-corrected chi connectivity index (χ4v) is 6.79. The third-order valence-electron chi connectivity index (χ3n) is 7.50. The Hall–Kier alpha value is -4.50. The topological polar surface area (TPSA) is 97.0 Å². The van der Waals surface area contributed by atoms with Crippen molar-refractivity contribution in [1.29, 1.82) is 0 Å². The summed E-state index contributed by atoms with van der Waals surface area (Å²) >= 11 is 0. The number of anilines is 3. The zero-order chi connectivity index (χ0) is 28.4. The van der Waals surface area contributed by atoms with Crippen LogP contribution in [0.3, 0.4) is 0 Å². The van der Waals surface area contributed by atoms with Gasteiger partial charge in [0.05, 0.1) is 18.7 Å². The van der Waals surface area contributed by atoms with Gasteiger partial charge < -0.3 is 19.7 Å². The van der Waals surface area contributed by atoms with Crippen molar-refractivity contribution in [2.75, 3.05) is 35.1 Å². The Morgan fingerprint density at radius 1 is 0.829 bits per heavy atom. The molecule has 9 heteroatoms. The monoisotopic (exact) mass is 569 g/mol. The molecule has 1 amide bonds. The molecule has 1 saturated heterocycles. The Balaban J connectivity index is 1.35. The normalized spacial score (nSPS) is 14.8. The maximum Gasteiger partial charge on any atom is 0.264 e. The molecular formula is C32H31N3O5S. The predicted molar refractivity (Wildman–Crippen MR) is 160 cm³/mol. The van der Waals surface area contributed by atoms with Crippen LogP contribution in [0.4, 0.5) is 17.1 Å². The Labute approximate surface area is 240 Å². The van der Waals surface area contributed by atoms with E-state index in [-0.39, 0.29) is 10.8 Å². The van der Waals surface area contributed by atoms with Crippen molar-refractivity contribution in [3.05, 3.63) is 102 Å². The number of benzene rings is 4. The summed E-state index contributed by atoms with van der Waals surface area (Å²) in [5, 5.41) is 2.99. The number of hydrogen-bond acceptors (Lipinski definition) is 6. The molecule has 0 spiro atoms. The number of para-hydroxylation sites is 2. The second-order valence-corrected chi connectivity index (χ2v) is 11.8. The maximum absolute atomic E-state index is 13.8. The van der Waals surface area contributed by atoms with Crippen LogP contribution in [-0.4, -0.2) is 34.5 Å². The third kappa shape index (κ3) is 5.45. The number of fused-ring (bicyclic) bond motifs is 2. The number of nitrogens with zero attached hydrogens (tertiary/aromatic N) is 1. The Morgan fingerprint density at radius 2 is 1.44 bits per heavy atom. The first-order chi connectivity index (χ1) is 19.9. The molecule has 0 radical (unpaired) electrons. The second kappa shape index (κ2) is 11.2. The number of hydrogen-bond donors (Lipinski definition) is 2. The molecular weight excluding hydrogens is 538 g/mol. The molecule has 6 rings (SSSR count). The van der Waals surface area contributed by atoms with E-state index in [1.54, 1.807) is 49.6 Å². The Morgan fingerprint density at radius 3 is 2.07 bits per heavy atom. The van der Waals surface area contributed by atoms with Gasteiger partial charge in [-0.05, 0) is 73.9 Å². The van der Waals surface area contributed by atoms with E-state index >= 15 is 0 Å². The van der Waals surface area contributed by atoms with Gasteiger partial charge in [0.15, 0.2) is 0 Å². The summed E-state index contributed by atoms with van der Waals surface area (Å²) in [5.74, 6) is 0.987. The molecule has 0 aromatic heterocycles. The van der Waals surface area contributed by atoms with Gasteiger partial charge in [-0.25, -0.2) is 8.42 Å². The summed E-state index contributed by atoms with van der Waals surface area (Å²) in [6.45, 7) is 1.54. The van der Waals surface area contributed by atoms with Gasteiger partial charge in [0, 0.05) is 35.6 Å². The molecule has 4 aromatic rings. The smallest absolute Gasteiger partial charge is 0.264 e. The highest BCUT2D eigenvalue weighted by Crippen LogP contribution is 2.44. The third-order valence-corrected chi connectivity index (χ3v) is 8.91. The molecule has 2 aliphatic rings. The first-order valence-electron chi connectivity index (χ1n) is 13.7. The van der Waals surface area contributed by atoms with Gasteiger partial charge in [-0.2, -0.15) is 0 Å². The van der Waals surface area contributed by atoms with Crippen LogP contribution in [0.1, 0.15) is 36.3 Å². The van der Waals surface area contributed by atoms with Crippen LogP contribution >= 0.6 is 0 Å². The molecule has 0 atom stereocenters. The average Bonchev–Trinajstić information content (AvgIpc) is 3.00. The van der Waals surface area contributed by atoms with Gasteiger partial charge in [0.25, 0.3) is 10.0 Å². The summed E-state index contributed by atoms with van der Waals surface area (Å²) in [6.07, 6.45) is 3.10. The number of sulfonamides is 1. The Bertz CT molecular complexity index is 1640. The SMILES string of the molecule is COc1ccc(NS(=O)(=O)c2cc(NC(=O)C3c4ccccc4Oc4ccccc43)ccc2N2CCCCC2)cc1. The molecule has 1 fully saturated rings. The van der Waals surface area contributed by atoms with Crippen LogP contribution < -0.4 is 24.4 Å². The van der Waals surface area contributed by atoms with E-state index < -0.39 is 15.9 Å². The molecule has 0 unspecified atom stereocenters. The molecule has 0 bridgehead atoms. The summed E-state index contributed by atoms with van der Waals surface area (Å²) in [6, 6.07) is 26.7. The largest absolute Gasteiger partial charge is 0.497 e. The van der Waals surface area contributed by atoms with Crippen molar-refractivity contribution in [2.45, 2.75) is 30.1 Å². The molecule has 0 saturated carbocycles. The lowest BCUT2D eigenvalue weighted by Gasteiger charge is -2.31. The fourth-order valence-electron chi connectivity index (χ4n) is 5.48. The molecule has 0 aliphatic carbocycles. The van der Waals surface area contributed by atoms with E-state index in [0.717, 1.165) is 43.5 Å². The standard InChI is InChI=1S/C32H31N3O5S/c1-39-24-16-13-22(14-17-24)34-41(37,38)30-21-23(15-18-27(30)35-19-7-2-8-20-35)33-32(36)31-25-9-3-5-11-28(25)40-29-12-6-4-10-26(29)31/h3-6,9-18,21,31,34H,2,7-8,19-20H2,1H3,(H,33,36). The number of carbonyl (C=O) groups excluding carboxylic acids is 1. The van der Waals surface area contributed by atoms with E-state index in [1.165, 1.54) is 0 Å². The highest BCUT2D eigenvalue weighted by Gasteiger charge is 2.33. The number of nitrogens with one attached hydrogen (secondary N) is 2. The van der Waals surface area contributed by atoms with E-state index in [9.17, 15) is 13.2 Å². The number of carbonyl (C=O) groups is 1. The van der Waals surface area contributed by atoms with E-state index in [4.69, 9.17) is 9.47 Å².